The lowest BCUT2D eigenvalue weighted by molar-refractivity contribution is -0.156. The zero-order chi connectivity index (χ0) is 10.3. The first-order valence-corrected chi connectivity index (χ1v) is 4.90. The second kappa shape index (κ2) is 6.89. The zero-order valence-corrected chi connectivity index (χ0v) is 9.00. The molecular weight excluding hydrogens is 168 g/mol. The molecule has 0 aliphatic heterocycles. The van der Waals surface area contributed by atoms with Crippen molar-refractivity contribution < 1.29 is 14.3 Å². The predicted octanol–water partition coefficient (Wildman–Crippen LogP) is 2.00. The van der Waals surface area contributed by atoms with E-state index in [0.717, 1.165) is 6.42 Å². The van der Waals surface area contributed by atoms with E-state index in [2.05, 4.69) is 13.8 Å². The van der Waals surface area contributed by atoms with Gasteiger partial charge in [0.2, 0.25) is 0 Å². The van der Waals surface area contributed by atoms with Gasteiger partial charge in [0, 0.05) is 0 Å². The second-order valence-electron chi connectivity index (χ2n) is 3.24. The van der Waals surface area contributed by atoms with Gasteiger partial charge >= 0.3 is 5.97 Å². The molecule has 0 bridgehead atoms. The fourth-order valence-electron chi connectivity index (χ4n) is 0.754. The molecule has 13 heavy (non-hydrogen) atoms. The van der Waals surface area contributed by atoms with Crippen molar-refractivity contribution in [1.29, 1.82) is 0 Å². The largest absolute Gasteiger partial charge is 0.464 e. The molecule has 0 unspecified atom stereocenters. The van der Waals surface area contributed by atoms with Crippen LogP contribution in [0.15, 0.2) is 0 Å². The van der Waals surface area contributed by atoms with Crippen LogP contribution in [0.25, 0.3) is 0 Å². The van der Waals surface area contributed by atoms with Crippen LogP contribution in [0.1, 0.15) is 34.1 Å². The van der Waals surface area contributed by atoms with Crippen molar-refractivity contribution in [2.75, 3.05) is 13.2 Å². The molecule has 0 N–H and O–H groups in total. The van der Waals surface area contributed by atoms with Crippen molar-refractivity contribution in [1.82, 2.24) is 0 Å². The summed E-state index contributed by atoms with van der Waals surface area (Å²) < 4.78 is 10.1. The Labute approximate surface area is 80.4 Å². The van der Waals surface area contributed by atoms with Crippen LogP contribution in [-0.4, -0.2) is 25.3 Å². The number of carbonyl (C=O) groups excluding carboxylic acids is 1. The van der Waals surface area contributed by atoms with Crippen LogP contribution < -0.4 is 0 Å². The Kier molecular flexibility index (Phi) is 6.59. The Bertz CT molecular complexity index is 145. The van der Waals surface area contributed by atoms with E-state index in [1.165, 1.54) is 0 Å². The lowest BCUT2D eigenvalue weighted by Gasteiger charge is -2.14. The molecule has 0 aliphatic carbocycles. The molecule has 2 atom stereocenters. The quantitative estimate of drug-likeness (QED) is 0.598. The third-order valence-corrected chi connectivity index (χ3v) is 1.95. The lowest BCUT2D eigenvalue weighted by Crippen LogP contribution is -2.25. The molecule has 78 valence electrons. The van der Waals surface area contributed by atoms with Crippen LogP contribution in [0.2, 0.25) is 0 Å². The molecule has 0 aromatic rings. The zero-order valence-electron chi connectivity index (χ0n) is 9.00. The summed E-state index contributed by atoms with van der Waals surface area (Å²) in [6.07, 6.45) is 0.629. The van der Waals surface area contributed by atoms with Gasteiger partial charge in [-0.05, 0) is 19.8 Å². The van der Waals surface area contributed by atoms with E-state index >= 15 is 0 Å². The molecule has 0 aromatic carbocycles. The van der Waals surface area contributed by atoms with Gasteiger partial charge in [0.05, 0.1) is 13.2 Å². The molecule has 0 aromatic heterocycles. The highest BCUT2D eigenvalue weighted by molar-refractivity contribution is 5.74. The van der Waals surface area contributed by atoms with Gasteiger partial charge in [0.15, 0.2) is 6.10 Å². The summed E-state index contributed by atoms with van der Waals surface area (Å²) in [4.78, 5) is 11.1. The van der Waals surface area contributed by atoms with Gasteiger partial charge in [-0.15, -0.1) is 0 Å². The van der Waals surface area contributed by atoms with E-state index in [0.29, 0.717) is 19.1 Å². The Morgan fingerprint density at radius 1 is 1.31 bits per heavy atom. The van der Waals surface area contributed by atoms with Crippen molar-refractivity contribution in [2.24, 2.45) is 5.92 Å². The third-order valence-electron chi connectivity index (χ3n) is 1.95. The summed E-state index contributed by atoms with van der Waals surface area (Å²) in [6, 6.07) is 0. The van der Waals surface area contributed by atoms with E-state index in [1.807, 2.05) is 0 Å². The first kappa shape index (κ1) is 12.4. The average molecular weight is 188 g/mol. The highest BCUT2D eigenvalue weighted by Gasteiger charge is 2.14. The van der Waals surface area contributed by atoms with Gasteiger partial charge in [-0.1, -0.05) is 20.3 Å². The fraction of sp³-hybridized carbons (Fsp3) is 0.900. The molecule has 3 nitrogen and oxygen atoms in total. The lowest BCUT2D eigenvalue weighted by atomic mass is 10.1. The normalized spacial score (nSPS) is 15.1. The standard InChI is InChI=1S/C10H20O3/c1-5-8(3)7-13-9(4)10(11)12-6-2/h8-9H,5-7H2,1-4H3/t8-,9-/m0/s1. The van der Waals surface area contributed by atoms with E-state index in [9.17, 15) is 4.79 Å². The van der Waals surface area contributed by atoms with Crippen LogP contribution in [0, 0.1) is 5.92 Å². The maximum atomic E-state index is 11.1. The maximum absolute atomic E-state index is 11.1. The fourth-order valence-corrected chi connectivity index (χ4v) is 0.754. The van der Waals surface area contributed by atoms with Gasteiger partial charge in [0.25, 0.3) is 0 Å². The number of hydrogen-bond acceptors (Lipinski definition) is 3. The number of esters is 1. The van der Waals surface area contributed by atoms with Crippen molar-refractivity contribution in [2.45, 2.75) is 40.2 Å². The van der Waals surface area contributed by atoms with Crippen molar-refractivity contribution >= 4 is 5.97 Å². The molecule has 0 rings (SSSR count). The van der Waals surface area contributed by atoms with Crippen molar-refractivity contribution in [3.05, 3.63) is 0 Å². The number of carbonyl (C=O) groups is 1. The number of ether oxygens (including phenoxy) is 2. The summed E-state index contributed by atoms with van der Waals surface area (Å²) >= 11 is 0. The molecule has 0 saturated heterocycles. The van der Waals surface area contributed by atoms with E-state index in [-0.39, 0.29) is 5.97 Å². The first-order chi connectivity index (χ1) is 6.11. The summed E-state index contributed by atoms with van der Waals surface area (Å²) in [5, 5.41) is 0. The van der Waals surface area contributed by atoms with Crippen LogP contribution in [0.4, 0.5) is 0 Å². The van der Waals surface area contributed by atoms with Crippen LogP contribution >= 0.6 is 0 Å². The highest BCUT2D eigenvalue weighted by atomic mass is 16.6. The van der Waals surface area contributed by atoms with Crippen LogP contribution in [-0.2, 0) is 14.3 Å². The maximum Gasteiger partial charge on any atom is 0.334 e. The molecule has 0 aliphatic rings. The monoisotopic (exact) mass is 188 g/mol. The summed E-state index contributed by atoms with van der Waals surface area (Å²) in [5.41, 5.74) is 0. The smallest absolute Gasteiger partial charge is 0.334 e. The molecule has 0 saturated carbocycles. The minimum Gasteiger partial charge on any atom is -0.464 e. The molecular formula is C10H20O3. The molecule has 0 radical (unpaired) electrons. The number of rotatable bonds is 6. The summed E-state index contributed by atoms with van der Waals surface area (Å²) in [5.74, 6) is 0.225. The highest BCUT2D eigenvalue weighted by Crippen LogP contribution is 2.04. The molecule has 0 heterocycles. The molecule has 3 heteroatoms. The van der Waals surface area contributed by atoms with Gasteiger partial charge in [-0.3, -0.25) is 0 Å². The Balaban J connectivity index is 3.60. The van der Waals surface area contributed by atoms with Crippen molar-refractivity contribution in [3.63, 3.8) is 0 Å². The van der Waals surface area contributed by atoms with Crippen LogP contribution in [0.3, 0.4) is 0 Å². The average Bonchev–Trinajstić information content (AvgIpc) is 2.13. The second-order valence-corrected chi connectivity index (χ2v) is 3.24. The Morgan fingerprint density at radius 2 is 1.92 bits per heavy atom. The molecule has 0 spiro atoms. The van der Waals surface area contributed by atoms with E-state index in [4.69, 9.17) is 9.47 Å². The van der Waals surface area contributed by atoms with Gasteiger partial charge < -0.3 is 9.47 Å². The van der Waals surface area contributed by atoms with Gasteiger partial charge in [-0.2, -0.15) is 0 Å². The summed E-state index contributed by atoms with van der Waals surface area (Å²) in [7, 11) is 0. The summed E-state index contributed by atoms with van der Waals surface area (Å²) in [6.45, 7) is 8.74. The SMILES string of the molecule is CCOC(=O)[C@H](C)OC[C@@H](C)CC. The minimum atomic E-state index is -0.436. The van der Waals surface area contributed by atoms with Gasteiger partial charge in [-0.25, -0.2) is 4.79 Å². The van der Waals surface area contributed by atoms with Gasteiger partial charge in [0.1, 0.15) is 0 Å². The topological polar surface area (TPSA) is 35.5 Å². The minimum absolute atomic E-state index is 0.272. The first-order valence-electron chi connectivity index (χ1n) is 4.90. The van der Waals surface area contributed by atoms with E-state index in [1.54, 1.807) is 13.8 Å². The Morgan fingerprint density at radius 3 is 2.38 bits per heavy atom. The third kappa shape index (κ3) is 5.64. The molecule has 0 amide bonds. The molecule has 0 fully saturated rings. The predicted molar refractivity (Wildman–Crippen MR) is 51.5 cm³/mol. The van der Waals surface area contributed by atoms with Crippen LogP contribution in [0.5, 0.6) is 0 Å². The van der Waals surface area contributed by atoms with Crippen molar-refractivity contribution in [3.8, 4) is 0 Å². The van der Waals surface area contributed by atoms with E-state index < -0.39 is 6.10 Å². The Hall–Kier alpha value is -0.570. The number of hydrogen-bond donors (Lipinski definition) is 0.